The van der Waals surface area contributed by atoms with E-state index in [9.17, 15) is 4.79 Å². The number of para-hydroxylation sites is 2. The van der Waals surface area contributed by atoms with Crippen LogP contribution in [0.3, 0.4) is 0 Å². The first-order valence-corrected chi connectivity index (χ1v) is 9.80. The Hall–Kier alpha value is -3.44. The molecule has 0 aliphatic carbocycles. The van der Waals surface area contributed by atoms with E-state index in [0.717, 1.165) is 28.1 Å². The maximum absolute atomic E-state index is 13.0. The summed E-state index contributed by atoms with van der Waals surface area (Å²) >= 11 is 0. The van der Waals surface area contributed by atoms with Gasteiger partial charge < -0.3 is 5.11 Å². The van der Waals surface area contributed by atoms with E-state index in [4.69, 9.17) is 5.11 Å². The lowest BCUT2D eigenvalue weighted by Crippen LogP contribution is -2.40. The number of rotatable bonds is 8. The molecule has 3 aromatic carbocycles. The second-order valence-corrected chi connectivity index (χ2v) is 6.95. The first-order chi connectivity index (χ1) is 14.3. The first-order valence-electron chi connectivity index (χ1n) is 9.80. The average molecular weight is 386 g/mol. The molecule has 0 saturated heterocycles. The van der Waals surface area contributed by atoms with Gasteiger partial charge in [0.15, 0.2) is 5.78 Å². The molecule has 0 atom stereocenters. The Kier molecular flexibility index (Phi) is 5.68. The second kappa shape index (κ2) is 8.71. The highest BCUT2D eigenvalue weighted by molar-refractivity contribution is 5.95. The lowest BCUT2D eigenvalue weighted by atomic mass is 10.0. The molecule has 1 aromatic heterocycles. The fourth-order valence-electron chi connectivity index (χ4n) is 3.43. The quantitative estimate of drug-likeness (QED) is 0.245. The summed E-state index contributed by atoms with van der Waals surface area (Å²) in [4.78, 5) is 16.3. The van der Waals surface area contributed by atoms with Crippen LogP contribution in [-0.2, 0) is 6.54 Å². The molecule has 4 aromatic rings. The highest BCUT2D eigenvalue weighted by Gasteiger charge is 2.20. The predicted octanol–water partition coefficient (Wildman–Crippen LogP) is 3.80. The highest BCUT2D eigenvalue weighted by atomic mass is 16.3. The minimum absolute atomic E-state index is 0.0459. The molecule has 0 fully saturated rings. The van der Waals surface area contributed by atoms with Crippen molar-refractivity contribution in [3.05, 3.63) is 84.4 Å². The molecule has 5 heteroatoms. The van der Waals surface area contributed by atoms with Crippen LogP contribution in [0.15, 0.2) is 78.9 Å². The Morgan fingerprint density at radius 2 is 1.59 bits per heavy atom. The van der Waals surface area contributed by atoms with Crippen LogP contribution < -0.4 is 9.88 Å². The van der Waals surface area contributed by atoms with E-state index in [1.807, 2.05) is 71.3 Å². The number of nitrogens with zero attached hydrogens (tertiary/aromatic N) is 1. The molecule has 0 saturated carbocycles. The predicted molar refractivity (Wildman–Crippen MR) is 115 cm³/mol. The molecule has 0 aliphatic rings. The van der Waals surface area contributed by atoms with Gasteiger partial charge in [-0.2, -0.15) is 0 Å². The maximum atomic E-state index is 13.0. The summed E-state index contributed by atoms with van der Waals surface area (Å²) in [5.74, 6) is 0.818. The normalized spacial score (nSPS) is 10.9. The Morgan fingerprint density at radius 3 is 2.34 bits per heavy atom. The van der Waals surface area contributed by atoms with Crippen molar-refractivity contribution in [1.82, 2.24) is 4.98 Å². The SMILES string of the molecule is O=C(C[n+]1c(NCCCO)[nH]c2ccccc21)c1ccc(-c2ccccc2)cc1. The number of nitrogens with one attached hydrogen (secondary N) is 2. The third-order valence-corrected chi connectivity index (χ3v) is 4.96. The Bertz CT molecular complexity index is 1100. The molecule has 0 unspecified atom stereocenters. The lowest BCUT2D eigenvalue weighted by Gasteiger charge is -2.06. The zero-order chi connectivity index (χ0) is 20.1. The molecule has 0 bridgehead atoms. The van der Waals surface area contributed by atoms with Gasteiger partial charge in [-0.05, 0) is 23.3 Å². The molecule has 146 valence electrons. The third-order valence-electron chi connectivity index (χ3n) is 4.96. The van der Waals surface area contributed by atoms with Gasteiger partial charge in [0.1, 0.15) is 17.6 Å². The number of imidazole rings is 1. The number of benzene rings is 3. The fourth-order valence-corrected chi connectivity index (χ4v) is 3.43. The van der Waals surface area contributed by atoms with Crippen LogP contribution in [-0.4, -0.2) is 29.0 Å². The van der Waals surface area contributed by atoms with Gasteiger partial charge in [0, 0.05) is 18.6 Å². The van der Waals surface area contributed by atoms with Gasteiger partial charge in [0.25, 0.3) is 0 Å². The standard InChI is InChI=1S/C24H23N3O2/c28-16-6-15-25-24-26-21-9-4-5-10-22(21)27(24)17-23(29)20-13-11-19(12-14-20)18-7-2-1-3-8-18/h1-5,7-14,28H,6,15-17H2,(H,25,26)/p+1. The molecule has 3 N–H and O–H groups in total. The van der Waals surface area contributed by atoms with E-state index in [1.54, 1.807) is 0 Å². The van der Waals surface area contributed by atoms with Crippen LogP contribution in [0.25, 0.3) is 22.2 Å². The number of anilines is 1. The van der Waals surface area contributed by atoms with Crippen molar-refractivity contribution in [2.75, 3.05) is 18.5 Å². The number of aliphatic hydroxyl groups excluding tert-OH is 1. The van der Waals surface area contributed by atoms with E-state index in [-0.39, 0.29) is 18.9 Å². The van der Waals surface area contributed by atoms with Gasteiger partial charge in [-0.25, -0.2) is 9.55 Å². The number of ketones is 1. The number of carbonyl (C=O) groups excluding carboxylic acids is 1. The van der Waals surface area contributed by atoms with Crippen LogP contribution in [0, 0.1) is 0 Å². The van der Waals surface area contributed by atoms with Crippen molar-refractivity contribution in [2.24, 2.45) is 0 Å². The van der Waals surface area contributed by atoms with E-state index in [1.165, 1.54) is 0 Å². The van der Waals surface area contributed by atoms with Crippen LogP contribution in [0.5, 0.6) is 0 Å². The van der Waals surface area contributed by atoms with Crippen molar-refractivity contribution in [1.29, 1.82) is 0 Å². The number of fused-ring (bicyclic) bond motifs is 1. The largest absolute Gasteiger partial charge is 0.396 e. The Labute approximate surface area is 169 Å². The molecule has 29 heavy (non-hydrogen) atoms. The minimum atomic E-state index is 0.0459. The number of carbonyl (C=O) groups is 1. The van der Waals surface area contributed by atoms with Crippen LogP contribution in [0.4, 0.5) is 5.95 Å². The van der Waals surface area contributed by atoms with Gasteiger partial charge in [0.05, 0.1) is 6.54 Å². The molecular weight excluding hydrogens is 362 g/mol. The summed E-state index contributed by atoms with van der Waals surface area (Å²) < 4.78 is 1.96. The van der Waals surface area contributed by atoms with Gasteiger partial charge in [-0.1, -0.05) is 66.7 Å². The number of aromatic amines is 1. The smallest absolute Gasteiger partial charge is 0.356 e. The number of H-pyrrole nitrogens is 1. The van der Waals surface area contributed by atoms with Crippen LogP contribution >= 0.6 is 0 Å². The molecule has 0 spiro atoms. The topological polar surface area (TPSA) is 69.0 Å². The highest BCUT2D eigenvalue weighted by Crippen LogP contribution is 2.20. The first kappa shape index (κ1) is 18.9. The zero-order valence-corrected chi connectivity index (χ0v) is 16.1. The number of hydrogen-bond acceptors (Lipinski definition) is 3. The summed E-state index contributed by atoms with van der Waals surface area (Å²) in [6, 6.07) is 25.8. The van der Waals surface area contributed by atoms with Crippen molar-refractivity contribution in [2.45, 2.75) is 13.0 Å². The average Bonchev–Trinajstić information content (AvgIpc) is 3.12. The third kappa shape index (κ3) is 4.20. The molecule has 0 aliphatic heterocycles. The van der Waals surface area contributed by atoms with Gasteiger partial charge in [0.2, 0.25) is 0 Å². The minimum Gasteiger partial charge on any atom is -0.396 e. The van der Waals surface area contributed by atoms with E-state index in [2.05, 4.69) is 22.4 Å². The molecule has 0 amide bonds. The van der Waals surface area contributed by atoms with Crippen LogP contribution in [0.1, 0.15) is 16.8 Å². The van der Waals surface area contributed by atoms with E-state index in [0.29, 0.717) is 18.5 Å². The summed E-state index contributed by atoms with van der Waals surface area (Å²) in [6.45, 7) is 0.985. The van der Waals surface area contributed by atoms with Crippen molar-refractivity contribution < 1.29 is 14.5 Å². The lowest BCUT2D eigenvalue weighted by molar-refractivity contribution is -0.642. The number of hydrogen-bond donors (Lipinski definition) is 3. The summed E-state index contributed by atoms with van der Waals surface area (Å²) in [5.41, 5.74) is 4.84. The van der Waals surface area contributed by atoms with Gasteiger partial charge >= 0.3 is 5.95 Å². The Balaban J connectivity index is 1.57. The fraction of sp³-hybridized carbons (Fsp3) is 0.167. The molecule has 1 heterocycles. The molecule has 4 rings (SSSR count). The van der Waals surface area contributed by atoms with Crippen molar-refractivity contribution >= 4 is 22.8 Å². The van der Waals surface area contributed by atoms with Crippen LogP contribution in [0.2, 0.25) is 0 Å². The second-order valence-electron chi connectivity index (χ2n) is 6.95. The molecule has 5 nitrogen and oxygen atoms in total. The van der Waals surface area contributed by atoms with E-state index < -0.39 is 0 Å². The molecular formula is C24H24N3O2+. The monoisotopic (exact) mass is 386 g/mol. The van der Waals surface area contributed by atoms with Gasteiger partial charge in [-0.3, -0.25) is 10.1 Å². The number of Topliss-reactive ketones (excluding diaryl/α,β-unsaturated/α-hetero) is 1. The molecule has 0 radical (unpaired) electrons. The number of aliphatic hydroxyl groups is 1. The summed E-state index contributed by atoms with van der Waals surface area (Å²) in [6.07, 6.45) is 0.643. The van der Waals surface area contributed by atoms with Crippen molar-refractivity contribution in [3.8, 4) is 11.1 Å². The Morgan fingerprint density at radius 1 is 0.897 bits per heavy atom. The van der Waals surface area contributed by atoms with Crippen molar-refractivity contribution in [3.63, 3.8) is 0 Å². The summed E-state index contributed by atoms with van der Waals surface area (Å²) in [5, 5.41) is 12.3. The van der Waals surface area contributed by atoms with E-state index >= 15 is 0 Å². The van der Waals surface area contributed by atoms with Gasteiger partial charge in [-0.15, -0.1) is 0 Å². The number of aromatic nitrogens is 2. The zero-order valence-electron chi connectivity index (χ0n) is 16.1. The summed E-state index contributed by atoms with van der Waals surface area (Å²) in [7, 11) is 0. The maximum Gasteiger partial charge on any atom is 0.356 e.